The maximum absolute atomic E-state index is 15.0. The van der Waals surface area contributed by atoms with Gasteiger partial charge in [0.1, 0.15) is 58.8 Å². The quantitative estimate of drug-likeness (QED) is 0.0509. The maximum atomic E-state index is 15.0. The second kappa shape index (κ2) is 23.8. The van der Waals surface area contributed by atoms with Crippen LogP contribution in [0.15, 0.2) is 180 Å². The highest BCUT2D eigenvalue weighted by atomic mass is 16.5. The first-order chi connectivity index (χ1) is 42.1. The molecule has 4 aliphatic rings. The molecule has 2 amide bonds. The molecule has 2 spiro atoms. The fourth-order valence-corrected chi connectivity index (χ4v) is 13.3. The minimum absolute atomic E-state index is 0.178. The van der Waals surface area contributed by atoms with Crippen LogP contribution >= 0.6 is 0 Å². The molecule has 0 fully saturated rings. The van der Waals surface area contributed by atoms with E-state index in [1.54, 1.807) is 22.4 Å². The predicted octanol–water partition coefficient (Wildman–Crippen LogP) is 14.3. The minimum Gasteiger partial charge on any atom is -0.489 e. The summed E-state index contributed by atoms with van der Waals surface area (Å²) in [6.07, 6.45) is 3.43. The zero-order valence-corrected chi connectivity index (χ0v) is 50.4. The van der Waals surface area contributed by atoms with Crippen molar-refractivity contribution in [1.82, 2.24) is 10.0 Å². The number of carbonyl (C=O) groups is 2. The van der Waals surface area contributed by atoms with Crippen LogP contribution in [0, 0.1) is 0 Å². The molecule has 4 heterocycles. The molecule has 8 aromatic rings. The number of nitrogens with zero attached hydrogens (tertiary/aromatic N) is 8. The average molecular weight is 1150 g/mol. The van der Waals surface area contributed by atoms with Gasteiger partial charge in [-0.15, -0.1) is 0 Å². The molecule has 4 aliphatic heterocycles. The molecule has 0 atom stereocenters. The number of para-hydroxylation sites is 2. The summed E-state index contributed by atoms with van der Waals surface area (Å²) in [6, 6.07) is 56.2. The topological polar surface area (TPSA) is 115 Å². The molecule has 12 rings (SSSR count). The van der Waals surface area contributed by atoms with E-state index < -0.39 is 11.1 Å². The first-order valence-corrected chi connectivity index (χ1v) is 30.4. The lowest BCUT2D eigenvalue weighted by atomic mass is 9.75. The number of hydrogen-bond acceptors (Lipinski definition) is 12. The van der Waals surface area contributed by atoms with Gasteiger partial charge in [0.2, 0.25) is 0 Å². The molecule has 8 aromatic carbocycles. The molecular weight excluding hydrogens is 1070 g/mol. The molecule has 0 saturated carbocycles. The Balaban J connectivity index is 0.842. The summed E-state index contributed by atoms with van der Waals surface area (Å²) in [6.45, 7) is 24.2. The largest absolute Gasteiger partial charge is 0.489 e. The van der Waals surface area contributed by atoms with Crippen LogP contribution in [0.4, 0.5) is 22.7 Å². The lowest BCUT2D eigenvalue weighted by Crippen LogP contribution is -2.44. The normalized spacial score (nSPS) is 14.6. The van der Waals surface area contributed by atoms with Crippen molar-refractivity contribution >= 4 is 47.0 Å². The molecule has 438 valence electrons. The highest BCUT2D eigenvalue weighted by Crippen LogP contribution is 2.60. The third-order valence-corrected chi connectivity index (χ3v) is 17.5. The Bertz CT molecular complexity index is 3540. The number of hydrogen-bond donors (Lipinski definition) is 0. The van der Waals surface area contributed by atoms with Gasteiger partial charge in [-0.1, -0.05) is 84.9 Å². The molecule has 86 heavy (non-hydrogen) atoms. The van der Waals surface area contributed by atoms with Crippen molar-refractivity contribution in [3.05, 3.63) is 225 Å². The highest BCUT2D eigenvalue weighted by Gasteiger charge is 2.59. The van der Waals surface area contributed by atoms with Crippen LogP contribution in [0.2, 0.25) is 0 Å². The van der Waals surface area contributed by atoms with Gasteiger partial charge in [-0.3, -0.25) is 9.59 Å². The summed E-state index contributed by atoms with van der Waals surface area (Å²) in [5, 5.41) is 13.6. The number of fused-ring (bicyclic) bond motifs is 12. The first-order valence-electron chi connectivity index (χ1n) is 30.4. The molecular formula is C72H74N8O6. The smallest absolute Gasteiger partial charge is 0.275 e. The molecule has 0 saturated heterocycles. The van der Waals surface area contributed by atoms with Crippen molar-refractivity contribution < 1.29 is 28.5 Å². The van der Waals surface area contributed by atoms with E-state index >= 15 is 9.59 Å². The Hall–Kier alpha value is -9.56. The van der Waals surface area contributed by atoms with Crippen LogP contribution in [0.1, 0.15) is 121 Å². The van der Waals surface area contributed by atoms with Crippen molar-refractivity contribution in [2.24, 2.45) is 10.2 Å². The number of amides is 2. The van der Waals surface area contributed by atoms with Crippen LogP contribution in [0.25, 0.3) is 0 Å². The van der Waals surface area contributed by atoms with E-state index in [1.165, 1.54) is 0 Å². The summed E-state index contributed by atoms with van der Waals surface area (Å²) in [4.78, 5) is 39.3. The molecule has 0 aliphatic carbocycles. The van der Waals surface area contributed by atoms with Gasteiger partial charge >= 0.3 is 0 Å². The third kappa shape index (κ3) is 9.33. The first kappa shape index (κ1) is 56.9. The lowest BCUT2D eigenvalue weighted by molar-refractivity contribution is 0.0667. The van der Waals surface area contributed by atoms with Gasteiger partial charge in [0.05, 0.1) is 12.4 Å². The standard InChI is InChI=1S/C72H74N8O6/c1-9-75(10-2)51-33-37-59-65(43-51)85-66-44-52(76(11-3)12-4)34-38-60(66)71(59)57-29-21-19-27-55(57)69(81)79(71)73-47-49-25-17-23-31-63(49)83-41-42-84-64-32-24-18-26-50(64)48-74-80-70(82)56-28-20-22-30-58(56)72(80)61-39-35-53(77(13-5)14-6)45-67(61)86-68-46-54(36-40-62(68)72)78(15-7)16-8/h17-40,43-48H,9-16,41-42H2,1-8H3/b73-47+,74-48+. The number of ether oxygens (including phenoxy) is 4. The Morgan fingerprint density at radius 1 is 0.384 bits per heavy atom. The fourth-order valence-electron chi connectivity index (χ4n) is 13.3. The van der Waals surface area contributed by atoms with E-state index in [-0.39, 0.29) is 25.0 Å². The number of hydrazone groups is 2. The number of rotatable bonds is 21. The Morgan fingerprint density at radius 2 is 0.674 bits per heavy atom. The van der Waals surface area contributed by atoms with Gasteiger partial charge in [0.15, 0.2) is 0 Å². The van der Waals surface area contributed by atoms with Crippen LogP contribution in [-0.2, 0) is 11.1 Å². The molecule has 0 aromatic heterocycles. The average Bonchev–Trinajstić information content (AvgIpc) is 1.49. The number of carbonyl (C=O) groups excluding carboxylic acids is 2. The summed E-state index contributed by atoms with van der Waals surface area (Å²) in [7, 11) is 0. The summed E-state index contributed by atoms with van der Waals surface area (Å²) in [5.41, 5.74) is 9.26. The van der Waals surface area contributed by atoms with Gasteiger partial charge in [0, 0.05) is 155 Å². The number of benzene rings is 8. The Labute approximate surface area is 505 Å². The second-order valence-electron chi connectivity index (χ2n) is 21.6. The SMILES string of the molecule is CCN(CC)c1ccc2c(c1)Oc1cc(N(CC)CC)ccc1C21c2ccccc2C(=O)N1/N=C/c1ccccc1OCCOc1ccccc1/C=N/N1C(=O)c2ccccc2C12c1ccc(N(CC)CC)cc1Oc1cc(N(CC)CC)ccc12. The van der Waals surface area contributed by atoms with Crippen molar-refractivity contribution in [1.29, 1.82) is 0 Å². The van der Waals surface area contributed by atoms with Crippen LogP contribution < -0.4 is 38.5 Å². The van der Waals surface area contributed by atoms with Crippen LogP contribution in [0.5, 0.6) is 34.5 Å². The van der Waals surface area contributed by atoms with E-state index in [4.69, 9.17) is 29.2 Å². The molecule has 0 unspecified atom stereocenters. The number of anilines is 4. The van der Waals surface area contributed by atoms with Gasteiger partial charge < -0.3 is 38.5 Å². The maximum Gasteiger partial charge on any atom is 0.275 e. The van der Waals surface area contributed by atoms with Gasteiger partial charge in [0.25, 0.3) is 11.8 Å². The van der Waals surface area contributed by atoms with Crippen LogP contribution in [0.3, 0.4) is 0 Å². The minimum atomic E-state index is -1.16. The highest BCUT2D eigenvalue weighted by molar-refractivity contribution is 6.04. The monoisotopic (exact) mass is 1150 g/mol. The summed E-state index contributed by atoms with van der Waals surface area (Å²) >= 11 is 0. The van der Waals surface area contributed by atoms with Gasteiger partial charge in [-0.25, -0.2) is 10.0 Å². The van der Waals surface area contributed by atoms with E-state index in [1.807, 2.05) is 97.1 Å². The van der Waals surface area contributed by atoms with Crippen LogP contribution in [-0.4, -0.2) is 99.8 Å². The Kier molecular flexibility index (Phi) is 15.8. The van der Waals surface area contributed by atoms with Gasteiger partial charge in [-0.05, 0) is 116 Å². The summed E-state index contributed by atoms with van der Waals surface area (Å²) < 4.78 is 26.9. The molecule has 14 heteroatoms. The second-order valence-corrected chi connectivity index (χ2v) is 21.6. The van der Waals surface area contributed by atoms with E-state index in [0.717, 1.165) is 108 Å². The van der Waals surface area contributed by atoms with E-state index in [2.05, 4.69) is 148 Å². The van der Waals surface area contributed by atoms with Crippen molar-refractivity contribution in [2.45, 2.75) is 66.5 Å². The lowest BCUT2D eigenvalue weighted by Gasteiger charge is -2.42. The molecule has 0 N–H and O–H groups in total. The fraction of sp³-hybridized carbons (Fsp3) is 0.278. The zero-order valence-electron chi connectivity index (χ0n) is 50.4. The molecule has 14 nitrogen and oxygen atoms in total. The Morgan fingerprint density at radius 3 is 0.988 bits per heavy atom. The molecule has 0 radical (unpaired) electrons. The van der Waals surface area contributed by atoms with E-state index in [0.29, 0.717) is 56.8 Å². The van der Waals surface area contributed by atoms with Crippen molar-refractivity contribution in [3.8, 4) is 34.5 Å². The molecule has 0 bridgehead atoms. The third-order valence-electron chi connectivity index (χ3n) is 17.5. The summed E-state index contributed by atoms with van der Waals surface area (Å²) in [5.74, 6) is 3.36. The predicted molar refractivity (Wildman–Crippen MR) is 344 cm³/mol. The van der Waals surface area contributed by atoms with Crippen molar-refractivity contribution in [3.63, 3.8) is 0 Å². The van der Waals surface area contributed by atoms with Gasteiger partial charge in [-0.2, -0.15) is 10.2 Å². The van der Waals surface area contributed by atoms with Crippen molar-refractivity contribution in [2.75, 3.05) is 85.2 Å². The van der Waals surface area contributed by atoms with E-state index in [9.17, 15) is 0 Å². The zero-order chi connectivity index (χ0) is 59.7.